The molecule has 8 nitrogen and oxygen atoms in total. The molecule has 0 aromatic heterocycles. The van der Waals surface area contributed by atoms with Crippen LogP contribution < -0.4 is 21.3 Å². The number of aliphatic imine (C=N–C) groups is 1. The number of nitrogens with zero attached hydrogens (tertiary/aromatic N) is 1. The van der Waals surface area contributed by atoms with E-state index >= 15 is 0 Å². The van der Waals surface area contributed by atoms with Crippen molar-refractivity contribution in [3.05, 3.63) is 35.4 Å². The maximum Gasteiger partial charge on any atom is 0.251 e. The average Bonchev–Trinajstić information content (AvgIpc) is 2.66. The second kappa shape index (κ2) is 15.2. The van der Waals surface area contributed by atoms with Crippen molar-refractivity contribution < 1.29 is 14.3 Å². The van der Waals surface area contributed by atoms with E-state index in [2.05, 4.69) is 26.3 Å². The Morgan fingerprint density at radius 2 is 1.93 bits per heavy atom. The van der Waals surface area contributed by atoms with Crippen molar-refractivity contribution in [1.82, 2.24) is 21.3 Å². The van der Waals surface area contributed by atoms with E-state index in [1.807, 2.05) is 25.1 Å². The summed E-state index contributed by atoms with van der Waals surface area (Å²) in [5, 5.41) is 11.6. The average molecular weight is 491 g/mol. The molecule has 0 heterocycles. The van der Waals surface area contributed by atoms with Gasteiger partial charge < -0.3 is 26.0 Å². The summed E-state index contributed by atoms with van der Waals surface area (Å²) in [6.45, 7) is 4.28. The van der Waals surface area contributed by atoms with Crippen molar-refractivity contribution in [3.8, 4) is 0 Å². The standard InChI is InChI=1S/C18H29N5O3.HI/c1-4-20-18(23-13-16(24)21-10-11-26-3)22-9-8-14-6-5-7-15(12-14)17(25)19-2;/h5-7,12H,4,8-11,13H2,1-3H3,(H,19,25)(H,21,24)(H2,20,22,23);1H. The van der Waals surface area contributed by atoms with Crippen LogP contribution in [0.4, 0.5) is 0 Å². The number of hydrogen-bond acceptors (Lipinski definition) is 4. The van der Waals surface area contributed by atoms with Crippen LogP contribution in [0.15, 0.2) is 29.3 Å². The third-order valence-electron chi connectivity index (χ3n) is 3.48. The molecule has 0 aliphatic rings. The van der Waals surface area contributed by atoms with Gasteiger partial charge in [-0.2, -0.15) is 0 Å². The SMILES string of the molecule is CCNC(=NCC(=O)NCCOC)NCCc1cccc(C(=O)NC)c1.I. The van der Waals surface area contributed by atoms with Gasteiger partial charge in [0.15, 0.2) is 5.96 Å². The lowest BCUT2D eigenvalue weighted by atomic mass is 10.1. The van der Waals surface area contributed by atoms with Crippen LogP contribution >= 0.6 is 24.0 Å². The molecule has 0 spiro atoms. The number of hydrogen-bond donors (Lipinski definition) is 4. The molecule has 0 fully saturated rings. The zero-order valence-electron chi connectivity index (χ0n) is 16.1. The van der Waals surface area contributed by atoms with Gasteiger partial charge in [-0.15, -0.1) is 24.0 Å². The molecule has 0 aliphatic heterocycles. The van der Waals surface area contributed by atoms with E-state index in [1.54, 1.807) is 20.2 Å². The molecular weight excluding hydrogens is 461 g/mol. The van der Waals surface area contributed by atoms with Gasteiger partial charge in [0.05, 0.1) is 6.61 Å². The molecule has 2 amide bonds. The van der Waals surface area contributed by atoms with Gasteiger partial charge in [-0.25, -0.2) is 4.99 Å². The fraction of sp³-hybridized carbons (Fsp3) is 0.500. The molecule has 4 N–H and O–H groups in total. The number of nitrogens with one attached hydrogen (secondary N) is 4. The number of carbonyl (C=O) groups is 2. The molecule has 9 heteroatoms. The number of halogens is 1. The maximum absolute atomic E-state index is 11.7. The lowest BCUT2D eigenvalue weighted by Crippen LogP contribution is -2.39. The van der Waals surface area contributed by atoms with Crippen molar-refractivity contribution in [2.75, 3.05) is 46.9 Å². The number of amides is 2. The molecule has 1 rings (SSSR count). The molecule has 0 radical (unpaired) electrons. The first-order valence-corrected chi connectivity index (χ1v) is 8.69. The second-order valence-corrected chi connectivity index (χ2v) is 5.49. The van der Waals surface area contributed by atoms with Gasteiger partial charge in [-0.05, 0) is 31.0 Å². The van der Waals surface area contributed by atoms with Crippen LogP contribution in [0.1, 0.15) is 22.8 Å². The second-order valence-electron chi connectivity index (χ2n) is 5.49. The van der Waals surface area contributed by atoms with E-state index in [0.29, 0.717) is 37.8 Å². The highest BCUT2D eigenvalue weighted by Crippen LogP contribution is 2.05. The molecule has 1 aromatic carbocycles. The van der Waals surface area contributed by atoms with E-state index < -0.39 is 0 Å². The fourth-order valence-corrected chi connectivity index (χ4v) is 2.18. The third-order valence-corrected chi connectivity index (χ3v) is 3.48. The fourth-order valence-electron chi connectivity index (χ4n) is 2.18. The van der Waals surface area contributed by atoms with Crippen LogP contribution in [0, 0.1) is 0 Å². The van der Waals surface area contributed by atoms with E-state index in [0.717, 1.165) is 12.0 Å². The summed E-state index contributed by atoms with van der Waals surface area (Å²) in [5.41, 5.74) is 1.69. The highest BCUT2D eigenvalue weighted by Gasteiger charge is 2.05. The highest BCUT2D eigenvalue weighted by molar-refractivity contribution is 14.0. The zero-order chi connectivity index (χ0) is 19.2. The minimum Gasteiger partial charge on any atom is -0.383 e. The minimum absolute atomic E-state index is 0. The Bertz CT molecular complexity index is 610. The van der Waals surface area contributed by atoms with Gasteiger partial charge in [0.2, 0.25) is 5.91 Å². The lowest BCUT2D eigenvalue weighted by molar-refractivity contribution is -0.119. The van der Waals surface area contributed by atoms with Gasteiger partial charge >= 0.3 is 0 Å². The van der Waals surface area contributed by atoms with Gasteiger partial charge in [0.1, 0.15) is 6.54 Å². The molecule has 1 aromatic rings. The summed E-state index contributed by atoms with van der Waals surface area (Å²) < 4.78 is 4.88. The predicted molar refractivity (Wildman–Crippen MR) is 118 cm³/mol. The van der Waals surface area contributed by atoms with Crippen LogP contribution in [-0.4, -0.2) is 64.7 Å². The number of guanidine groups is 1. The van der Waals surface area contributed by atoms with Crippen molar-refractivity contribution in [3.63, 3.8) is 0 Å². The van der Waals surface area contributed by atoms with E-state index in [9.17, 15) is 9.59 Å². The van der Waals surface area contributed by atoms with Crippen molar-refractivity contribution in [2.24, 2.45) is 4.99 Å². The number of carbonyl (C=O) groups excluding carboxylic acids is 2. The van der Waals surface area contributed by atoms with Crippen LogP contribution in [0.3, 0.4) is 0 Å². The molecule has 0 unspecified atom stereocenters. The van der Waals surface area contributed by atoms with Crippen molar-refractivity contribution in [2.45, 2.75) is 13.3 Å². The predicted octanol–water partition coefficient (Wildman–Crippen LogP) is 0.524. The molecule has 0 bridgehead atoms. The Labute approximate surface area is 177 Å². The first-order chi connectivity index (χ1) is 12.6. The Hall–Kier alpha value is -1.88. The zero-order valence-corrected chi connectivity index (χ0v) is 18.5. The molecule has 27 heavy (non-hydrogen) atoms. The summed E-state index contributed by atoms with van der Waals surface area (Å²) >= 11 is 0. The summed E-state index contributed by atoms with van der Waals surface area (Å²) in [6.07, 6.45) is 0.731. The minimum atomic E-state index is -0.155. The molecular formula is C18H30IN5O3. The lowest BCUT2D eigenvalue weighted by Gasteiger charge is -2.11. The maximum atomic E-state index is 11.7. The molecule has 0 atom stereocenters. The van der Waals surface area contributed by atoms with Crippen LogP contribution in [-0.2, 0) is 16.0 Å². The quantitative estimate of drug-likeness (QED) is 0.166. The monoisotopic (exact) mass is 491 g/mol. The molecule has 0 aliphatic carbocycles. The molecule has 0 saturated carbocycles. The third kappa shape index (κ3) is 10.8. The number of benzene rings is 1. The summed E-state index contributed by atoms with van der Waals surface area (Å²) in [4.78, 5) is 27.6. The summed E-state index contributed by atoms with van der Waals surface area (Å²) in [6, 6.07) is 7.49. The largest absolute Gasteiger partial charge is 0.383 e. The molecule has 152 valence electrons. The van der Waals surface area contributed by atoms with Gasteiger partial charge in [-0.1, -0.05) is 12.1 Å². The number of ether oxygens (including phenoxy) is 1. The van der Waals surface area contributed by atoms with E-state index in [1.165, 1.54) is 0 Å². The van der Waals surface area contributed by atoms with Gasteiger partial charge in [0.25, 0.3) is 5.91 Å². The molecule has 0 saturated heterocycles. The van der Waals surface area contributed by atoms with Crippen LogP contribution in [0.2, 0.25) is 0 Å². The van der Waals surface area contributed by atoms with Crippen LogP contribution in [0.5, 0.6) is 0 Å². The number of methoxy groups -OCH3 is 1. The number of rotatable bonds is 10. The Morgan fingerprint density at radius 3 is 2.59 bits per heavy atom. The summed E-state index contributed by atoms with van der Waals surface area (Å²) in [7, 11) is 3.20. The summed E-state index contributed by atoms with van der Waals surface area (Å²) in [5.74, 6) is 0.323. The Morgan fingerprint density at radius 1 is 1.15 bits per heavy atom. The van der Waals surface area contributed by atoms with Gasteiger partial charge in [0, 0.05) is 39.4 Å². The Balaban J connectivity index is 0.00000676. The topological polar surface area (TPSA) is 104 Å². The Kier molecular flexibility index (Phi) is 14.1. The first-order valence-electron chi connectivity index (χ1n) is 8.69. The van der Waals surface area contributed by atoms with Gasteiger partial charge in [-0.3, -0.25) is 9.59 Å². The normalized spacial score (nSPS) is 10.6. The van der Waals surface area contributed by atoms with E-state index in [4.69, 9.17) is 4.74 Å². The smallest absolute Gasteiger partial charge is 0.251 e. The highest BCUT2D eigenvalue weighted by atomic mass is 127. The van der Waals surface area contributed by atoms with Crippen molar-refractivity contribution >= 4 is 41.8 Å². The van der Waals surface area contributed by atoms with Crippen molar-refractivity contribution in [1.29, 1.82) is 0 Å². The van der Waals surface area contributed by atoms with E-state index in [-0.39, 0.29) is 42.3 Å². The first kappa shape index (κ1) is 25.1. The van der Waals surface area contributed by atoms with Crippen LogP contribution in [0.25, 0.3) is 0 Å².